The van der Waals surface area contributed by atoms with Crippen LogP contribution in [0, 0.1) is 23.0 Å². The van der Waals surface area contributed by atoms with Crippen LogP contribution in [-0.2, 0) is 38.7 Å². The minimum absolute atomic E-state index is 0.0605. The van der Waals surface area contributed by atoms with E-state index in [1.54, 1.807) is 54.5 Å². The first-order valence-corrected chi connectivity index (χ1v) is 19.7. The molecule has 0 saturated carbocycles. The van der Waals surface area contributed by atoms with Gasteiger partial charge in [0.1, 0.15) is 46.8 Å². The molecule has 1 fully saturated rings. The summed E-state index contributed by atoms with van der Waals surface area (Å²) in [6, 6.07) is 22.5. The average Bonchev–Trinajstić information content (AvgIpc) is 3.93. The number of rotatable bonds is 16. The van der Waals surface area contributed by atoms with Crippen molar-refractivity contribution in [2.24, 2.45) is 0 Å². The van der Waals surface area contributed by atoms with Crippen molar-refractivity contribution in [3.8, 4) is 28.3 Å². The Morgan fingerprint density at radius 1 is 1.05 bits per heavy atom. The Balaban J connectivity index is 1.16. The van der Waals surface area contributed by atoms with E-state index >= 15 is 8.78 Å². The van der Waals surface area contributed by atoms with Crippen molar-refractivity contribution in [2.75, 3.05) is 13.7 Å². The topological polar surface area (TPSA) is 136 Å². The van der Waals surface area contributed by atoms with Crippen LogP contribution in [0.3, 0.4) is 0 Å². The van der Waals surface area contributed by atoms with E-state index < -0.39 is 47.4 Å². The summed E-state index contributed by atoms with van der Waals surface area (Å²) < 4.78 is 68.8. The summed E-state index contributed by atoms with van der Waals surface area (Å²) in [5.74, 6) is -1.66. The summed E-state index contributed by atoms with van der Waals surface area (Å²) >= 11 is 8.91. The molecule has 3 aromatic heterocycles. The van der Waals surface area contributed by atoms with E-state index in [1.807, 2.05) is 42.6 Å². The number of hydrogen-bond acceptors (Lipinski definition) is 13. The molecule has 4 heterocycles. The smallest absolute Gasteiger partial charge is 0.191 e. The Morgan fingerprint density at radius 3 is 2.54 bits per heavy atom. The maximum atomic E-state index is 15.4. The van der Waals surface area contributed by atoms with Crippen molar-refractivity contribution in [3.05, 3.63) is 136 Å². The van der Waals surface area contributed by atoms with Crippen molar-refractivity contribution in [1.82, 2.24) is 25.0 Å². The van der Waals surface area contributed by atoms with Crippen molar-refractivity contribution in [1.29, 1.82) is 5.26 Å². The molecule has 0 amide bonds. The molecule has 5 atom stereocenters. The lowest BCUT2D eigenvalue weighted by atomic mass is 10.1. The van der Waals surface area contributed by atoms with E-state index in [-0.39, 0.29) is 37.6 Å². The van der Waals surface area contributed by atoms with Gasteiger partial charge in [0.2, 0.25) is 0 Å². The Labute approximate surface area is 340 Å². The second-order valence-corrected chi connectivity index (χ2v) is 15.2. The van der Waals surface area contributed by atoms with Gasteiger partial charge in [0, 0.05) is 28.2 Å². The molecular weight excluding hydrogens is 798 g/mol. The van der Waals surface area contributed by atoms with Crippen LogP contribution in [0.4, 0.5) is 8.78 Å². The highest BCUT2D eigenvalue weighted by molar-refractivity contribution is 7.99. The van der Waals surface area contributed by atoms with Gasteiger partial charge in [-0.05, 0) is 48.4 Å². The molecular formula is C40H35ClF2N6O6S2. The molecule has 17 heteroatoms. The SMILES string of the molecule is COc1ccc(COc2c(F)cc(CO[C@@H](Cn3cc(-c4nccs4)nn3)C(OC3COC(c4ccccc4)O[C@@H]3C)Sc3cc(Cl)cnc3C#N)cc2F)cc1. The second-order valence-electron chi connectivity index (χ2n) is 12.7. The molecule has 0 aliphatic carbocycles. The van der Waals surface area contributed by atoms with E-state index in [0.29, 0.717) is 31.9 Å². The first kappa shape index (κ1) is 40.2. The fraction of sp³-hybridized carbons (Fsp3) is 0.275. The molecule has 7 rings (SSSR count). The number of hydrogen-bond donors (Lipinski definition) is 0. The zero-order chi connectivity index (χ0) is 39.7. The number of pyridine rings is 1. The van der Waals surface area contributed by atoms with Crippen LogP contribution in [0.5, 0.6) is 11.5 Å². The number of halogens is 3. The molecule has 1 aliphatic heterocycles. The maximum Gasteiger partial charge on any atom is 0.191 e. The van der Waals surface area contributed by atoms with Gasteiger partial charge in [0.25, 0.3) is 0 Å². The van der Waals surface area contributed by atoms with Gasteiger partial charge in [-0.3, -0.25) is 0 Å². The van der Waals surface area contributed by atoms with Crippen molar-refractivity contribution < 1.29 is 37.2 Å². The van der Waals surface area contributed by atoms with Crippen LogP contribution in [0.2, 0.25) is 5.02 Å². The highest BCUT2D eigenvalue weighted by atomic mass is 35.5. The molecule has 3 unspecified atom stereocenters. The predicted molar refractivity (Wildman–Crippen MR) is 208 cm³/mol. The normalized spacial score (nSPS) is 17.8. The Hall–Kier alpha value is -4.99. The average molecular weight is 833 g/mol. The van der Waals surface area contributed by atoms with Crippen molar-refractivity contribution >= 4 is 34.7 Å². The zero-order valence-corrected chi connectivity index (χ0v) is 32.9. The molecule has 57 heavy (non-hydrogen) atoms. The summed E-state index contributed by atoms with van der Waals surface area (Å²) in [5, 5.41) is 21.4. The zero-order valence-electron chi connectivity index (χ0n) is 30.5. The van der Waals surface area contributed by atoms with Gasteiger partial charge in [-0.2, -0.15) is 5.26 Å². The molecule has 0 spiro atoms. The molecule has 6 aromatic rings. The second kappa shape index (κ2) is 19.0. The molecule has 1 aliphatic rings. The molecule has 294 valence electrons. The number of methoxy groups -OCH3 is 1. The summed E-state index contributed by atoms with van der Waals surface area (Å²) in [7, 11) is 1.55. The number of nitrogens with zero attached hydrogens (tertiary/aromatic N) is 6. The fourth-order valence-corrected chi connectivity index (χ4v) is 7.79. The lowest BCUT2D eigenvalue weighted by Gasteiger charge is -2.38. The van der Waals surface area contributed by atoms with Crippen LogP contribution < -0.4 is 9.47 Å². The lowest BCUT2D eigenvalue weighted by molar-refractivity contribution is -0.267. The highest BCUT2D eigenvalue weighted by Crippen LogP contribution is 2.36. The first-order chi connectivity index (χ1) is 27.8. The van der Waals surface area contributed by atoms with E-state index in [0.717, 1.165) is 29.5 Å². The van der Waals surface area contributed by atoms with Crippen LogP contribution >= 0.6 is 34.7 Å². The van der Waals surface area contributed by atoms with E-state index in [4.69, 9.17) is 40.0 Å². The van der Waals surface area contributed by atoms with Gasteiger partial charge in [-0.25, -0.2) is 23.4 Å². The van der Waals surface area contributed by atoms with Crippen LogP contribution in [0.25, 0.3) is 10.7 Å². The quantitative estimate of drug-likeness (QED) is 0.0685. The number of ether oxygens (including phenoxy) is 6. The Bertz CT molecular complexity index is 2260. The molecule has 3 aromatic carbocycles. The maximum absolute atomic E-state index is 15.4. The fourth-order valence-electron chi connectivity index (χ4n) is 5.81. The number of benzene rings is 3. The molecule has 1 saturated heterocycles. The summed E-state index contributed by atoms with van der Waals surface area (Å²) in [4.78, 5) is 8.95. The largest absolute Gasteiger partial charge is 0.497 e. The van der Waals surface area contributed by atoms with E-state index in [9.17, 15) is 5.26 Å². The Morgan fingerprint density at radius 2 is 1.84 bits per heavy atom. The van der Waals surface area contributed by atoms with Gasteiger partial charge < -0.3 is 28.4 Å². The monoisotopic (exact) mass is 832 g/mol. The van der Waals surface area contributed by atoms with Gasteiger partial charge in [-0.1, -0.05) is 71.0 Å². The summed E-state index contributed by atoms with van der Waals surface area (Å²) in [5.41, 5.74) is 1.52. The van der Waals surface area contributed by atoms with Crippen molar-refractivity contribution in [2.45, 2.75) is 61.6 Å². The standard InChI is InChI=1S/C40H35ClF2N6O6S2/c1-24-35(23-53-39(54-24)27-6-4-3-5-7-27)55-40(57-36-16-28(41)18-46-32(36)17-44)34(20-49-19-33(47-48-49)38-45-12-13-56-38)51-22-26-14-30(42)37(31(43)15-26)52-21-25-8-10-29(50-2)11-9-25/h3-16,18-19,24,34-35,39-40H,20-23H2,1-2H3/t24-,34+,35?,39?,40?/m1/s1. The van der Waals surface area contributed by atoms with Crippen LogP contribution in [0.15, 0.2) is 102 Å². The summed E-state index contributed by atoms with van der Waals surface area (Å²) in [6.45, 7) is 1.80. The minimum Gasteiger partial charge on any atom is -0.497 e. The third kappa shape index (κ3) is 10.3. The van der Waals surface area contributed by atoms with Crippen molar-refractivity contribution in [3.63, 3.8) is 0 Å². The lowest BCUT2D eigenvalue weighted by Crippen LogP contribution is -2.45. The number of thiazole rings is 1. The minimum atomic E-state index is -0.903. The van der Waals surface area contributed by atoms with Crippen LogP contribution in [-0.4, -0.2) is 62.4 Å². The predicted octanol–water partition coefficient (Wildman–Crippen LogP) is 8.41. The first-order valence-electron chi connectivity index (χ1n) is 17.6. The molecule has 0 bridgehead atoms. The van der Waals surface area contributed by atoms with Crippen LogP contribution in [0.1, 0.15) is 35.6 Å². The van der Waals surface area contributed by atoms with Gasteiger partial charge in [0.05, 0.1) is 44.2 Å². The number of thioether (sulfide) groups is 1. The van der Waals surface area contributed by atoms with Gasteiger partial charge in [-0.15, -0.1) is 16.4 Å². The van der Waals surface area contributed by atoms with E-state index in [2.05, 4.69) is 26.3 Å². The molecule has 0 radical (unpaired) electrons. The number of nitriles is 1. The van der Waals surface area contributed by atoms with Gasteiger partial charge in [0.15, 0.2) is 29.4 Å². The molecule has 0 N–H and O–H groups in total. The third-order valence-electron chi connectivity index (χ3n) is 8.75. The Kier molecular flexibility index (Phi) is 13.4. The van der Waals surface area contributed by atoms with E-state index in [1.165, 1.54) is 17.5 Å². The molecule has 12 nitrogen and oxygen atoms in total. The third-order valence-corrected chi connectivity index (χ3v) is 11.0. The van der Waals surface area contributed by atoms with Gasteiger partial charge >= 0.3 is 0 Å². The number of aromatic nitrogens is 5. The summed E-state index contributed by atoms with van der Waals surface area (Å²) in [6.07, 6.45) is 2.22. The highest BCUT2D eigenvalue weighted by Gasteiger charge is 2.36.